The van der Waals surface area contributed by atoms with E-state index in [1.54, 1.807) is 0 Å². The monoisotopic (exact) mass is 276 g/mol. The number of nitrogens with zero attached hydrogens (tertiary/aromatic N) is 1. The lowest BCUT2D eigenvalue weighted by Crippen LogP contribution is -2.41. The molecule has 0 aromatic carbocycles. The number of nitrogens with one attached hydrogen (secondary N) is 1. The SMILES string of the molecule is CCCS(=O)(=O)CCN1CCCC(CNCC)C1. The van der Waals surface area contributed by atoms with Gasteiger partial charge < -0.3 is 10.2 Å². The van der Waals surface area contributed by atoms with Crippen molar-refractivity contribution in [3.8, 4) is 0 Å². The lowest BCUT2D eigenvalue weighted by Gasteiger charge is -2.32. The topological polar surface area (TPSA) is 49.4 Å². The van der Waals surface area contributed by atoms with Crippen LogP contribution < -0.4 is 5.32 Å². The molecule has 18 heavy (non-hydrogen) atoms. The Morgan fingerprint density at radius 2 is 2.06 bits per heavy atom. The molecule has 1 fully saturated rings. The Morgan fingerprint density at radius 1 is 1.28 bits per heavy atom. The molecule has 0 aromatic heterocycles. The minimum Gasteiger partial charge on any atom is -0.317 e. The minimum absolute atomic E-state index is 0.328. The van der Waals surface area contributed by atoms with Crippen molar-refractivity contribution in [2.75, 3.05) is 44.2 Å². The third kappa shape index (κ3) is 6.16. The first-order valence-corrected chi connectivity index (χ1v) is 9.03. The summed E-state index contributed by atoms with van der Waals surface area (Å²) in [6.45, 7) is 8.95. The van der Waals surface area contributed by atoms with Crippen LogP contribution in [0.4, 0.5) is 0 Å². The second-order valence-corrected chi connectivity index (χ2v) is 7.57. The lowest BCUT2D eigenvalue weighted by atomic mass is 9.98. The van der Waals surface area contributed by atoms with Gasteiger partial charge in [-0.05, 0) is 44.8 Å². The highest BCUT2D eigenvalue weighted by molar-refractivity contribution is 7.91. The molecule has 108 valence electrons. The predicted octanol–water partition coefficient (Wildman–Crippen LogP) is 1.13. The van der Waals surface area contributed by atoms with E-state index in [0.29, 0.717) is 24.0 Å². The van der Waals surface area contributed by atoms with Crippen molar-refractivity contribution in [3.05, 3.63) is 0 Å². The van der Waals surface area contributed by atoms with Gasteiger partial charge in [0.2, 0.25) is 0 Å². The van der Waals surface area contributed by atoms with Crippen LogP contribution in [0.25, 0.3) is 0 Å². The molecule has 4 nitrogen and oxygen atoms in total. The third-order valence-electron chi connectivity index (χ3n) is 3.52. The van der Waals surface area contributed by atoms with Crippen molar-refractivity contribution in [2.45, 2.75) is 33.1 Å². The van der Waals surface area contributed by atoms with Crippen molar-refractivity contribution in [2.24, 2.45) is 5.92 Å². The maximum absolute atomic E-state index is 11.7. The van der Waals surface area contributed by atoms with E-state index >= 15 is 0 Å². The average Bonchev–Trinajstić information content (AvgIpc) is 2.35. The Hall–Kier alpha value is -0.130. The van der Waals surface area contributed by atoms with Gasteiger partial charge in [0.1, 0.15) is 0 Å². The molecule has 0 radical (unpaired) electrons. The van der Waals surface area contributed by atoms with Crippen LogP contribution in [0.1, 0.15) is 33.1 Å². The molecule has 0 amide bonds. The Kier molecular flexibility index (Phi) is 7.19. The molecule has 0 spiro atoms. The molecule has 0 bridgehead atoms. The van der Waals surface area contributed by atoms with E-state index in [4.69, 9.17) is 0 Å². The number of hydrogen-bond acceptors (Lipinski definition) is 4. The van der Waals surface area contributed by atoms with Gasteiger partial charge in [-0.3, -0.25) is 0 Å². The molecule has 0 aromatic rings. The van der Waals surface area contributed by atoms with Gasteiger partial charge in [-0.15, -0.1) is 0 Å². The molecule has 1 aliphatic rings. The quantitative estimate of drug-likeness (QED) is 0.722. The third-order valence-corrected chi connectivity index (χ3v) is 5.35. The smallest absolute Gasteiger partial charge is 0.151 e. The summed E-state index contributed by atoms with van der Waals surface area (Å²) in [6.07, 6.45) is 3.19. The van der Waals surface area contributed by atoms with Crippen LogP contribution in [-0.4, -0.2) is 57.5 Å². The highest BCUT2D eigenvalue weighted by atomic mass is 32.2. The van der Waals surface area contributed by atoms with E-state index < -0.39 is 9.84 Å². The lowest BCUT2D eigenvalue weighted by molar-refractivity contribution is 0.181. The van der Waals surface area contributed by atoms with E-state index in [-0.39, 0.29) is 0 Å². The Labute approximate surface area is 112 Å². The van der Waals surface area contributed by atoms with Gasteiger partial charge in [0.15, 0.2) is 9.84 Å². The van der Waals surface area contributed by atoms with Crippen molar-refractivity contribution in [1.82, 2.24) is 10.2 Å². The molecule has 1 saturated heterocycles. The van der Waals surface area contributed by atoms with E-state index in [1.807, 2.05) is 6.92 Å². The number of piperidine rings is 1. The second kappa shape index (κ2) is 8.12. The number of likely N-dealkylation sites (tertiary alicyclic amines) is 1. The fourth-order valence-corrected chi connectivity index (χ4v) is 3.91. The Morgan fingerprint density at radius 3 is 2.72 bits per heavy atom. The van der Waals surface area contributed by atoms with Crippen molar-refractivity contribution < 1.29 is 8.42 Å². The molecule has 1 unspecified atom stereocenters. The Bertz CT molecular complexity index is 317. The average molecular weight is 276 g/mol. The summed E-state index contributed by atoms with van der Waals surface area (Å²) in [4.78, 5) is 2.32. The van der Waals surface area contributed by atoms with Crippen molar-refractivity contribution in [1.29, 1.82) is 0 Å². The summed E-state index contributed by atoms with van der Waals surface area (Å²) in [5, 5.41) is 3.39. The molecule has 1 aliphatic heterocycles. The van der Waals surface area contributed by atoms with Gasteiger partial charge in [-0.1, -0.05) is 13.8 Å². The number of rotatable bonds is 8. The maximum atomic E-state index is 11.7. The molecule has 1 heterocycles. The zero-order valence-electron chi connectivity index (χ0n) is 11.8. The van der Waals surface area contributed by atoms with E-state index in [2.05, 4.69) is 17.1 Å². The number of hydrogen-bond donors (Lipinski definition) is 1. The Balaban J connectivity index is 2.29. The second-order valence-electron chi connectivity index (χ2n) is 5.27. The van der Waals surface area contributed by atoms with E-state index in [1.165, 1.54) is 12.8 Å². The van der Waals surface area contributed by atoms with Gasteiger partial charge >= 0.3 is 0 Å². The summed E-state index contributed by atoms with van der Waals surface area (Å²) in [5.74, 6) is 1.35. The van der Waals surface area contributed by atoms with Crippen LogP contribution in [0.3, 0.4) is 0 Å². The fraction of sp³-hybridized carbons (Fsp3) is 1.00. The summed E-state index contributed by atoms with van der Waals surface area (Å²) in [6, 6.07) is 0. The number of sulfone groups is 1. The van der Waals surface area contributed by atoms with Crippen LogP contribution >= 0.6 is 0 Å². The molecule has 1 atom stereocenters. The van der Waals surface area contributed by atoms with Gasteiger partial charge in [-0.2, -0.15) is 0 Å². The predicted molar refractivity (Wildman–Crippen MR) is 76.7 cm³/mol. The highest BCUT2D eigenvalue weighted by Crippen LogP contribution is 2.15. The van der Waals surface area contributed by atoms with Crippen LogP contribution in [0.15, 0.2) is 0 Å². The van der Waals surface area contributed by atoms with Crippen molar-refractivity contribution in [3.63, 3.8) is 0 Å². The van der Waals surface area contributed by atoms with Gasteiger partial charge in [0.25, 0.3) is 0 Å². The molecule has 0 saturated carbocycles. The van der Waals surface area contributed by atoms with Crippen LogP contribution in [0.2, 0.25) is 0 Å². The zero-order valence-corrected chi connectivity index (χ0v) is 12.6. The van der Waals surface area contributed by atoms with Gasteiger partial charge in [-0.25, -0.2) is 8.42 Å². The highest BCUT2D eigenvalue weighted by Gasteiger charge is 2.20. The van der Waals surface area contributed by atoms with Gasteiger partial charge in [0, 0.05) is 18.8 Å². The molecule has 1 N–H and O–H groups in total. The summed E-state index contributed by atoms with van der Waals surface area (Å²) >= 11 is 0. The van der Waals surface area contributed by atoms with E-state index in [0.717, 1.165) is 32.6 Å². The maximum Gasteiger partial charge on any atom is 0.151 e. The molecule has 0 aliphatic carbocycles. The molecular weight excluding hydrogens is 248 g/mol. The molecule has 5 heteroatoms. The first kappa shape index (κ1) is 15.9. The summed E-state index contributed by atoms with van der Waals surface area (Å²) < 4.78 is 23.4. The first-order valence-electron chi connectivity index (χ1n) is 7.21. The fourth-order valence-electron chi connectivity index (χ4n) is 2.55. The molecule has 1 rings (SSSR count). The van der Waals surface area contributed by atoms with Gasteiger partial charge in [0.05, 0.1) is 5.75 Å². The minimum atomic E-state index is -2.82. The first-order chi connectivity index (χ1) is 8.57. The summed E-state index contributed by atoms with van der Waals surface area (Å²) in [7, 11) is -2.82. The largest absolute Gasteiger partial charge is 0.317 e. The van der Waals surface area contributed by atoms with Crippen LogP contribution in [-0.2, 0) is 9.84 Å². The standard InChI is InChI=1S/C13H28N2O2S/c1-3-9-18(16,17)10-8-15-7-5-6-13(12-15)11-14-4-2/h13-14H,3-12H2,1-2H3. The summed E-state index contributed by atoms with van der Waals surface area (Å²) in [5.41, 5.74) is 0. The zero-order chi connectivity index (χ0) is 13.4. The van der Waals surface area contributed by atoms with Crippen molar-refractivity contribution >= 4 is 9.84 Å². The van der Waals surface area contributed by atoms with E-state index in [9.17, 15) is 8.42 Å². The van der Waals surface area contributed by atoms with Crippen LogP contribution in [0, 0.1) is 5.92 Å². The van der Waals surface area contributed by atoms with Crippen LogP contribution in [0.5, 0.6) is 0 Å². The normalized spacial score (nSPS) is 22.2. The molecular formula is C13H28N2O2S.